The molecule has 2 rings (SSSR count). The van der Waals surface area contributed by atoms with E-state index >= 15 is 0 Å². The molecule has 0 fully saturated rings. The lowest BCUT2D eigenvalue weighted by Gasteiger charge is -2.11. The third kappa shape index (κ3) is 6.50. The van der Waals surface area contributed by atoms with E-state index in [4.69, 9.17) is 25.8 Å². The Hall–Kier alpha value is -2.66. The number of rotatable bonds is 10. The zero-order chi connectivity index (χ0) is 20.4. The number of nitrogens with one attached hydrogen (secondary N) is 1. The van der Waals surface area contributed by atoms with Crippen LogP contribution in [0.4, 0.5) is 0 Å². The topological polar surface area (TPSA) is 56.8 Å². The zero-order valence-corrected chi connectivity index (χ0v) is 17.2. The van der Waals surface area contributed by atoms with Crippen LogP contribution in [0.3, 0.4) is 0 Å². The van der Waals surface area contributed by atoms with Crippen molar-refractivity contribution in [3.8, 4) is 17.2 Å². The smallest absolute Gasteiger partial charge is 0.243 e. The highest BCUT2D eigenvalue weighted by Crippen LogP contribution is 2.36. The summed E-state index contributed by atoms with van der Waals surface area (Å²) in [5.74, 6) is 1.73. The van der Waals surface area contributed by atoms with Crippen molar-refractivity contribution < 1.29 is 19.0 Å². The quantitative estimate of drug-likeness (QED) is 0.468. The van der Waals surface area contributed by atoms with Crippen molar-refractivity contribution >= 4 is 23.6 Å². The molecule has 2 aromatic rings. The molecule has 0 radical (unpaired) electrons. The van der Waals surface area contributed by atoms with Gasteiger partial charge in [-0.15, -0.1) is 0 Å². The van der Waals surface area contributed by atoms with Gasteiger partial charge in [-0.1, -0.05) is 23.7 Å². The van der Waals surface area contributed by atoms with Crippen LogP contribution >= 0.6 is 11.6 Å². The summed E-state index contributed by atoms with van der Waals surface area (Å²) in [4.78, 5) is 12.0. The Kier molecular flexibility index (Phi) is 8.69. The second kappa shape index (κ2) is 11.2. The summed E-state index contributed by atoms with van der Waals surface area (Å²) < 4.78 is 15.9. The summed E-state index contributed by atoms with van der Waals surface area (Å²) in [6, 6.07) is 11.5. The van der Waals surface area contributed by atoms with Crippen molar-refractivity contribution in [3.05, 3.63) is 58.6 Å². The van der Waals surface area contributed by atoms with Crippen LogP contribution in [-0.2, 0) is 11.2 Å². The highest BCUT2D eigenvalue weighted by molar-refractivity contribution is 6.32. The number of methoxy groups -OCH3 is 2. The number of carbonyl (C=O) groups is 1. The molecule has 0 heterocycles. The SMILES string of the molecule is CCOc1cc(/C=C/C(=O)NCCCc2ccc(OC)cc2)cc(Cl)c1OC. The number of carbonyl (C=O) groups excluding carboxylic acids is 1. The molecular formula is C22H26ClNO4. The Morgan fingerprint density at radius 2 is 1.89 bits per heavy atom. The fraction of sp³-hybridized carbons (Fsp3) is 0.318. The van der Waals surface area contributed by atoms with Crippen LogP contribution < -0.4 is 19.5 Å². The van der Waals surface area contributed by atoms with Gasteiger partial charge in [-0.05, 0) is 61.2 Å². The molecule has 0 saturated carbocycles. The minimum atomic E-state index is -0.153. The Morgan fingerprint density at radius 3 is 2.54 bits per heavy atom. The number of hydrogen-bond acceptors (Lipinski definition) is 4. The first kappa shape index (κ1) is 21.6. The van der Waals surface area contributed by atoms with E-state index in [1.54, 1.807) is 32.4 Å². The number of benzene rings is 2. The first-order valence-corrected chi connectivity index (χ1v) is 9.54. The van der Waals surface area contributed by atoms with Crippen molar-refractivity contribution in [3.63, 3.8) is 0 Å². The van der Waals surface area contributed by atoms with Crippen molar-refractivity contribution in [2.24, 2.45) is 0 Å². The predicted octanol–water partition coefficient (Wildman–Crippen LogP) is 4.52. The van der Waals surface area contributed by atoms with E-state index < -0.39 is 0 Å². The van der Waals surface area contributed by atoms with Gasteiger partial charge in [0.1, 0.15) is 5.75 Å². The second-order valence-electron chi connectivity index (χ2n) is 6.04. The summed E-state index contributed by atoms with van der Waals surface area (Å²) in [5.41, 5.74) is 1.98. The summed E-state index contributed by atoms with van der Waals surface area (Å²) in [6.45, 7) is 2.98. The Bertz CT molecular complexity index is 803. The molecule has 0 unspecified atom stereocenters. The van der Waals surface area contributed by atoms with Gasteiger partial charge in [0.2, 0.25) is 5.91 Å². The van der Waals surface area contributed by atoms with Crippen LogP contribution in [0.15, 0.2) is 42.5 Å². The van der Waals surface area contributed by atoms with Crippen molar-refractivity contribution in [1.82, 2.24) is 5.32 Å². The fourth-order valence-electron chi connectivity index (χ4n) is 2.67. The number of aryl methyl sites for hydroxylation is 1. The Labute approximate surface area is 171 Å². The maximum atomic E-state index is 12.0. The van der Waals surface area contributed by atoms with Gasteiger partial charge < -0.3 is 19.5 Å². The van der Waals surface area contributed by atoms with Crippen LogP contribution in [-0.4, -0.2) is 33.3 Å². The van der Waals surface area contributed by atoms with Crippen molar-refractivity contribution in [2.75, 3.05) is 27.4 Å². The summed E-state index contributed by atoms with van der Waals surface area (Å²) >= 11 is 6.22. The molecule has 28 heavy (non-hydrogen) atoms. The van der Waals surface area contributed by atoms with Crippen LogP contribution in [0, 0.1) is 0 Å². The normalized spacial score (nSPS) is 10.7. The van der Waals surface area contributed by atoms with Gasteiger partial charge in [0.15, 0.2) is 11.5 Å². The minimum absolute atomic E-state index is 0.153. The first-order valence-electron chi connectivity index (χ1n) is 9.16. The second-order valence-corrected chi connectivity index (χ2v) is 6.45. The fourth-order valence-corrected chi connectivity index (χ4v) is 2.97. The largest absolute Gasteiger partial charge is 0.497 e. The van der Waals surface area contributed by atoms with E-state index in [1.807, 2.05) is 31.2 Å². The molecule has 0 aromatic heterocycles. The molecule has 2 aromatic carbocycles. The van der Waals surface area contributed by atoms with Gasteiger partial charge in [-0.2, -0.15) is 0 Å². The zero-order valence-electron chi connectivity index (χ0n) is 16.5. The van der Waals surface area contributed by atoms with E-state index in [1.165, 1.54) is 11.6 Å². The third-order valence-corrected chi connectivity index (χ3v) is 4.34. The molecule has 0 atom stereocenters. The lowest BCUT2D eigenvalue weighted by atomic mass is 10.1. The molecule has 6 heteroatoms. The molecule has 0 aliphatic carbocycles. The molecule has 1 N–H and O–H groups in total. The van der Waals surface area contributed by atoms with Gasteiger partial charge in [-0.25, -0.2) is 0 Å². The molecule has 1 amide bonds. The van der Waals surface area contributed by atoms with Crippen LogP contribution in [0.25, 0.3) is 6.08 Å². The monoisotopic (exact) mass is 403 g/mol. The Morgan fingerprint density at radius 1 is 1.14 bits per heavy atom. The van der Waals surface area contributed by atoms with Gasteiger partial charge in [-0.3, -0.25) is 4.79 Å². The summed E-state index contributed by atoms with van der Waals surface area (Å²) in [7, 11) is 3.19. The van der Waals surface area contributed by atoms with E-state index in [0.29, 0.717) is 29.7 Å². The van der Waals surface area contributed by atoms with E-state index in [-0.39, 0.29) is 5.91 Å². The lowest BCUT2D eigenvalue weighted by Crippen LogP contribution is -2.22. The van der Waals surface area contributed by atoms with Crippen molar-refractivity contribution in [2.45, 2.75) is 19.8 Å². The average Bonchev–Trinajstić information content (AvgIpc) is 2.70. The predicted molar refractivity (Wildman–Crippen MR) is 113 cm³/mol. The van der Waals surface area contributed by atoms with Crippen LogP contribution in [0.2, 0.25) is 5.02 Å². The highest BCUT2D eigenvalue weighted by Gasteiger charge is 2.10. The number of hydrogen-bond donors (Lipinski definition) is 1. The van der Waals surface area contributed by atoms with E-state index in [9.17, 15) is 4.79 Å². The van der Waals surface area contributed by atoms with E-state index in [0.717, 1.165) is 24.2 Å². The molecule has 150 valence electrons. The Balaban J connectivity index is 1.84. The molecular weight excluding hydrogens is 378 g/mol. The number of halogens is 1. The van der Waals surface area contributed by atoms with Gasteiger partial charge >= 0.3 is 0 Å². The first-order chi connectivity index (χ1) is 13.6. The van der Waals surface area contributed by atoms with Gasteiger partial charge in [0, 0.05) is 12.6 Å². The highest BCUT2D eigenvalue weighted by atomic mass is 35.5. The standard InChI is InChI=1S/C22H26ClNO4/c1-4-28-20-15-17(14-19(23)22(20)27-3)9-12-21(25)24-13-5-6-16-7-10-18(26-2)11-8-16/h7-12,14-15H,4-6,13H2,1-3H3,(H,24,25)/b12-9+. The molecule has 0 spiro atoms. The number of ether oxygens (including phenoxy) is 3. The lowest BCUT2D eigenvalue weighted by molar-refractivity contribution is -0.116. The summed E-state index contributed by atoms with van der Waals surface area (Å²) in [5, 5.41) is 3.32. The third-order valence-electron chi connectivity index (χ3n) is 4.06. The van der Waals surface area contributed by atoms with Crippen LogP contribution in [0.5, 0.6) is 17.2 Å². The summed E-state index contributed by atoms with van der Waals surface area (Å²) in [6.07, 6.45) is 4.93. The molecule has 0 aliphatic rings. The molecule has 0 saturated heterocycles. The van der Waals surface area contributed by atoms with E-state index in [2.05, 4.69) is 5.32 Å². The average molecular weight is 404 g/mol. The molecule has 0 aliphatic heterocycles. The van der Waals surface area contributed by atoms with Crippen LogP contribution in [0.1, 0.15) is 24.5 Å². The minimum Gasteiger partial charge on any atom is -0.497 e. The van der Waals surface area contributed by atoms with Crippen molar-refractivity contribution in [1.29, 1.82) is 0 Å². The molecule has 0 bridgehead atoms. The molecule has 5 nitrogen and oxygen atoms in total. The van der Waals surface area contributed by atoms with Gasteiger partial charge in [0.25, 0.3) is 0 Å². The maximum absolute atomic E-state index is 12.0. The van der Waals surface area contributed by atoms with Gasteiger partial charge in [0.05, 0.1) is 25.8 Å². The maximum Gasteiger partial charge on any atom is 0.243 e. The number of amides is 1.